The van der Waals surface area contributed by atoms with Gasteiger partial charge in [0, 0.05) is 11.1 Å². The Bertz CT molecular complexity index is 435. The van der Waals surface area contributed by atoms with E-state index in [1.54, 1.807) is 0 Å². The molecule has 0 fully saturated rings. The molecule has 0 spiro atoms. The van der Waals surface area contributed by atoms with E-state index < -0.39 is 21.5 Å². The fraction of sp³-hybridized carbons (Fsp3) is 0.167. The fourth-order valence-electron chi connectivity index (χ4n) is 0.862. The lowest BCUT2D eigenvalue weighted by Crippen LogP contribution is -2.01. The van der Waals surface area contributed by atoms with Crippen LogP contribution in [0.2, 0.25) is 5.02 Å². The van der Waals surface area contributed by atoms with Gasteiger partial charge in [0.15, 0.2) is 0 Å². The van der Waals surface area contributed by atoms with Gasteiger partial charge < -0.3 is 25.0 Å². The van der Waals surface area contributed by atoms with E-state index in [2.05, 4.69) is 9.72 Å². The molecule has 1 heterocycles. The second-order valence-electron chi connectivity index (χ2n) is 2.33. The van der Waals surface area contributed by atoms with Crippen LogP contribution in [0.4, 0.5) is 11.6 Å². The highest BCUT2D eigenvalue weighted by atomic mass is 35.5. The minimum atomic E-state index is -0.908. The molecule has 0 amide bonds. The van der Waals surface area contributed by atoms with Gasteiger partial charge in [0.05, 0.1) is 7.11 Å². The summed E-state index contributed by atoms with van der Waals surface area (Å²) in [5, 5.41) is 20.5. The molecule has 80 valence electrons. The van der Waals surface area contributed by atoms with Crippen LogP contribution in [0, 0.1) is 20.2 Å². The van der Waals surface area contributed by atoms with E-state index in [0.29, 0.717) is 0 Å². The van der Waals surface area contributed by atoms with Crippen LogP contribution < -0.4 is 4.74 Å². The smallest absolute Gasteiger partial charge is 0.410 e. The molecule has 1 rings (SSSR count). The Labute approximate surface area is 87.7 Å². The molecule has 0 aliphatic heterocycles. The number of halogens is 1. The average Bonchev–Trinajstić information content (AvgIpc) is 2.16. The van der Waals surface area contributed by atoms with Crippen molar-refractivity contribution in [2.45, 2.75) is 0 Å². The van der Waals surface area contributed by atoms with Gasteiger partial charge in [-0.25, -0.2) is 0 Å². The van der Waals surface area contributed by atoms with E-state index in [1.807, 2.05) is 0 Å². The zero-order valence-corrected chi connectivity index (χ0v) is 8.09. The van der Waals surface area contributed by atoms with Crippen molar-refractivity contribution in [2.75, 3.05) is 7.11 Å². The third kappa shape index (κ3) is 2.10. The fourth-order valence-corrected chi connectivity index (χ4v) is 1.07. The highest BCUT2D eigenvalue weighted by Crippen LogP contribution is 2.33. The maximum Gasteiger partial charge on any atom is 0.410 e. The van der Waals surface area contributed by atoms with Gasteiger partial charge in [0.1, 0.15) is 5.02 Å². The number of hydrogen-bond acceptors (Lipinski definition) is 6. The van der Waals surface area contributed by atoms with Crippen molar-refractivity contribution in [3.05, 3.63) is 31.3 Å². The molecule has 0 saturated carbocycles. The summed E-state index contributed by atoms with van der Waals surface area (Å²) in [6, 6.07) is 0.977. The zero-order chi connectivity index (χ0) is 11.6. The van der Waals surface area contributed by atoms with Gasteiger partial charge in [0.25, 0.3) is 0 Å². The molecule has 0 saturated heterocycles. The molecule has 0 aromatic carbocycles. The summed E-state index contributed by atoms with van der Waals surface area (Å²) in [6.07, 6.45) is 0. The number of ether oxygens (including phenoxy) is 1. The molecule has 0 atom stereocenters. The summed E-state index contributed by atoms with van der Waals surface area (Å²) in [5.41, 5.74) is 0. The van der Waals surface area contributed by atoms with Crippen LogP contribution in [-0.4, -0.2) is 21.9 Å². The zero-order valence-electron chi connectivity index (χ0n) is 7.34. The third-order valence-corrected chi connectivity index (χ3v) is 1.75. The lowest BCUT2D eigenvalue weighted by atomic mass is 10.4. The Morgan fingerprint density at radius 1 is 1.33 bits per heavy atom. The van der Waals surface area contributed by atoms with Crippen LogP contribution in [0.1, 0.15) is 0 Å². The Morgan fingerprint density at radius 2 is 1.87 bits per heavy atom. The maximum absolute atomic E-state index is 10.5. The molecule has 0 bridgehead atoms. The first-order valence-corrected chi connectivity index (χ1v) is 3.88. The maximum atomic E-state index is 10.5. The van der Waals surface area contributed by atoms with Crippen LogP contribution in [0.15, 0.2) is 6.07 Å². The van der Waals surface area contributed by atoms with Gasteiger partial charge in [-0.3, -0.25) is 0 Å². The molecular formula is C6H4ClN3O5. The Hall–Kier alpha value is -1.96. The van der Waals surface area contributed by atoms with Crippen molar-refractivity contribution in [1.29, 1.82) is 0 Å². The molecule has 0 unspecified atom stereocenters. The van der Waals surface area contributed by atoms with Crippen LogP contribution in [0.5, 0.6) is 5.75 Å². The molecule has 0 N–H and O–H groups in total. The van der Waals surface area contributed by atoms with E-state index in [-0.39, 0.29) is 10.8 Å². The predicted molar refractivity (Wildman–Crippen MR) is 49.1 cm³/mol. The van der Waals surface area contributed by atoms with Gasteiger partial charge in [-0.05, 0) is 9.85 Å². The molecule has 0 aliphatic carbocycles. The summed E-state index contributed by atoms with van der Waals surface area (Å²) >= 11 is 5.47. The summed E-state index contributed by atoms with van der Waals surface area (Å²) in [7, 11) is 1.17. The quantitative estimate of drug-likeness (QED) is 0.579. The van der Waals surface area contributed by atoms with Crippen molar-refractivity contribution in [1.82, 2.24) is 4.98 Å². The molecule has 1 aromatic rings. The van der Waals surface area contributed by atoms with E-state index in [1.165, 1.54) is 7.11 Å². The Balaban J connectivity index is 3.43. The standard InChI is InChI=1S/C6H4ClN3O5/c1-15-4-2-3(7)5(9(11)12)8-6(4)10(13)14/h2H,1H3. The second-order valence-corrected chi connectivity index (χ2v) is 2.74. The number of pyridine rings is 1. The minimum Gasteiger partial charge on any atom is -0.489 e. The predicted octanol–water partition coefficient (Wildman–Crippen LogP) is 1.56. The summed E-state index contributed by atoms with van der Waals surface area (Å²) in [6.45, 7) is 0. The monoisotopic (exact) mass is 233 g/mol. The van der Waals surface area contributed by atoms with Crippen molar-refractivity contribution in [2.24, 2.45) is 0 Å². The van der Waals surface area contributed by atoms with E-state index in [9.17, 15) is 20.2 Å². The molecule has 9 heteroatoms. The molecular weight excluding hydrogens is 230 g/mol. The first kappa shape index (κ1) is 11.1. The summed E-state index contributed by atoms with van der Waals surface area (Å²) in [4.78, 5) is 22.2. The molecule has 15 heavy (non-hydrogen) atoms. The topological polar surface area (TPSA) is 108 Å². The van der Waals surface area contributed by atoms with Crippen LogP contribution in [-0.2, 0) is 0 Å². The first-order valence-electron chi connectivity index (χ1n) is 3.50. The lowest BCUT2D eigenvalue weighted by molar-refractivity contribution is -0.403. The third-order valence-electron chi connectivity index (χ3n) is 1.47. The number of aromatic nitrogens is 1. The number of hydrogen-bond donors (Lipinski definition) is 0. The minimum absolute atomic E-state index is 0.226. The van der Waals surface area contributed by atoms with E-state index in [0.717, 1.165) is 6.07 Å². The summed E-state index contributed by atoms with van der Waals surface area (Å²) < 4.78 is 4.61. The highest BCUT2D eigenvalue weighted by Gasteiger charge is 2.25. The van der Waals surface area contributed by atoms with Crippen LogP contribution >= 0.6 is 11.6 Å². The van der Waals surface area contributed by atoms with Gasteiger partial charge in [-0.2, -0.15) is 0 Å². The lowest BCUT2D eigenvalue weighted by Gasteiger charge is -2.02. The Morgan fingerprint density at radius 3 is 2.27 bits per heavy atom. The highest BCUT2D eigenvalue weighted by molar-refractivity contribution is 6.32. The first-order chi connectivity index (χ1) is 6.97. The van der Waals surface area contributed by atoms with E-state index >= 15 is 0 Å². The van der Waals surface area contributed by atoms with Crippen molar-refractivity contribution < 1.29 is 14.6 Å². The molecule has 0 aliphatic rings. The second kappa shape index (κ2) is 4.05. The van der Waals surface area contributed by atoms with Gasteiger partial charge in [-0.1, -0.05) is 11.6 Å². The van der Waals surface area contributed by atoms with Gasteiger partial charge in [0.2, 0.25) is 5.75 Å². The molecule has 8 nitrogen and oxygen atoms in total. The van der Waals surface area contributed by atoms with Crippen molar-refractivity contribution >= 4 is 23.2 Å². The number of rotatable bonds is 3. The van der Waals surface area contributed by atoms with Crippen LogP contribution in [0.3, 0.4) is 0 Å². The largest absolute Gasteiger partial charge is 0.489 e. The number of methoxy groups -OCH3 is 1. The Kier molecular flexibility index (Phi) is 3.00. The number of nitro groups is 2. The normalized spacial score (nSPS) is 9.73. The molecule has 1 aromatic heterocycles. The average molecular weight is 234 g/mol. The van der Waals surface area contributed by atoms with Gasteiger partial charge >= 0.3 is 11.6 Å². The van der Waals surface area contributed by atoms with Crippen molar-refractivity contribution in [3.8, 4) is 5.75 Å². The van der Waals surface area contributed by atoms with Crippen molar-refractivity contribution in [3.63, 3.8) is 0 Å². The summed E-state index contributed by atoms with van der Waals surface area (Å²) in [5.74, 6) is -1.74. The number of nitrogens with zero attached hydrogens (tertiary/aromatic N) is 3. The SMILES string of the molecule is COc1cc(Cl)c([N+](=O)[O-])nc1[N+](=O)[O-]. The van der Waals surface area contributed by atoms with Gasteiger partial charge in [-0.15, -0.1) is 0 Å². The molecule has 0 radical (unpaired) electrons. The van der Waals surface area contributed by atoms with Crippen LogP contribution in [0.25, 0.3) is 0 Å². The van der Waals surface area contributed by atoms with E-state index in [4.69, 9.17) is 11.6 Å².